The fraction of sp³-hybridized carbons (Fsp3) is 0.667. The van der Waals surface area contributed by atoms with E-state index in [9.17, 15) is 0 Å². The molecule has 0 unspecified atom stereocenters. The van der Waals surface area contributed by atoms with Crippen molar-refractivity contribution in [2.24, 2.45) is 5.92 Å². The van der Waals surface area contributed by atoms with Gasteiger partial charge in [-0.05, 0) is 19.3 Å². The molecule has 0 bridgehead atoms. The lowest BCUT2D eigenvalue weighted by Gasteiger charge is -2.05. The monoisotopic (exact) mass is 137 g/mol. The molecule has 0 radical (unpaired) electrons. The average Bonchev–Trinajstić information content (AvgIpc) is 1.88. The first-order valence-corrected chi connectivity index (χ1v) is 3.73. The van der Waals surface area contributed by atoms with Gasteiger partial charge < -0.3 is 0 Å². The minimum Gasteiger partial charge on any atom is -0.193 e. The highest BCUT2D eigenvalue weighted by atomic mass is 14.3. The summed E-state index contributed by atoms with van der Waals surface area (Å²) in [5, 5.41) is 8.69. The van der Waals surface area contributed by atoms with Gasteiger partial charge >= 0.3 is 0 Å². The zero-order chi connectivity index (χ0) is 8.15. The molecule has 0 atom stereocenters. The molecule has 0 aromatic heterocycles. The van der Waals surface area contributed by atoms with Crippen molar-refractivity contribution in [3.63, 3.8) is 0 Å². The second kappa shape index (κ2) is 4.11. The molecule has 1 nitrogen and oxygen atoms in total. The van der Waals surface area contributed by atoms with Gasteiger partial charge in [0.05, 0.1) is 6.07 Å². The largest absolute Gasteiger partial charge is 0.193 e. The third kappa shape index (κ3) is 2.23. The number of hydrogen-bond donors (Lipinski definition) is 0. The first-order valence-electron chi connectivity index (χ1n) is 3.73. The van der Waals surface area contributed by atoms with Crippen LogP contribution in [0.15, 0.2) is 11.1 Å². The van der Waals surface area contributed by atoms with Gasteiger partial charge in [-0.1, -0.05) is 26.3 Å². The first kappa shape index (κ1) is 9.23. The summed E-state index contributed by atoms with van der Waals surface area (Å²) in [6.07, 6.45) is 0.987. The third-order valence-electron chi connectivity index (χ3n) is 1.69. The molecule has 0 saturated carbocycles. The van der Waals surface area contributed by atoms with Crippen LogP contribution in [0.5, 0.6) is 0 Å². The Bertz CT molecular complexity index is 170. The van der Waals surface area contributed by atoms with Crippen LogP contribution in [0.25, 0.3) is 0 Å². The van der Waals surface area contributed by atoms with Crippen molar-refractivity contribution in [1.29, 1.82) is 5.26 Å². The molecule has 0 N–H and O–H groups in total. The summed E-state index contributed by atoms with van der Waals surface area (Å²) >= 11 is 0. The standard InChI is InChI=1S/C9H15N/c1-5-8(4)9(6-10)7(2)3/h7H,5H2,1-4H3/b9-8+. The Morgan fingerprint density at radius 3 is 2.10 bits per heavy atom. The summed E-state index contributed by atoms with van der Waals surface area (Å²) in [7, 11) is 0. The van der Waals surface area contributed by atoms with Crippen molar-refractivity contribution in [3.05, 3.63) is 11.1 Å². The van der Waals surface area contributed by atoms with Crippen molar-refractivity contribution >= 4 is 0 Å². The van der Waals surface area contributed by atoms with Crippen LogP contribution in [0.2, 0.25) is 0 Å². The Morgan fingerprint density at radius 2 is 2.00 bits per heavy atom. The molecule has 1 heteroatoms. The minimum atomic E-state index is 0.380. The lowest BCUT2D eigenvalue weighted by molar-refractivity contribution is 0.775. The van der Waals surface area contributed by atoms with Gasteiger partial charge in [-0.3, -0.25) is 0 Å². The van der Waals surface area contributed by atoms with E-state index in [1.54, 1.807) is 0 Å². The lowest BCUT2D eigenvalue weighted by atomic mass is 9.98. The van der Waals surface area contributed by atoms with Crippen LogP contribution in [-0.4, -0.2) is 0 Å². The summed E-state index contributed by atoms with van der Waals surface area (Å²) in [6.45, 7) is 8.21. The Hall–Kier alpha value is -0.770. The molecule has 0 spiro atoms. The molecule has 56 valence electrons. The second-order valence-electron chi connectivity index (χ2n) is 2.81. The number of nitriles is 1. The summed E-state index contributed by atoms with van der Waals surface area (Å²) < 4.78 is 0. The highest BCUT2D eigenvalue weighted by Crippen LogP contribution is 2.15. The van der Waals surface area contributed by atoms with Gasteiger partial charge in [0.2, 0.25) is 0 Å². The Kier molecular flexibility index (Phi) is 3.79. The molecule has 0 aromatic rings. The van der Waals surface area contributed by atoms with E-state index >= 15 is 0 Å². The van der Waals surface area contributed by atoms with Crippen LogP contribution in [-0.2, 0) is 0 Å². The Labute approximate surface area is 63.4 Å². The average molecular weight is 137 g/mol. The van der Waals surface area contributed by atoms with Crippen molar-refractivity contribution in [2.45, 2.75) is 34.1 Å². The van der Waals surface area contributed by atoms with Crippen molar-refractivity contribution in [1.82, 2.24) is 0 Å². The number of rotatable bonds is 2. The SMILES string of the molecule is CC/C(C)=C(\C#N)C(C)C. The maximum absolute atomic E-state index is 8.69. The number of nitrogens with zero attached hydrogens (tertiary/aromatic N) is 1. The summed E-state index contributed by atoms with van der Waals surface area (Å²) in [5.41, 5.74) is 2.17. The quantitative estimate of drug-likeness (QED) is 0.537. The zero-order valence-corrected chi connectivity index (χ0v) is 7.23. The van der Waals surface area contributed by atoms with Crippen molar-refractivity contribution < 1.29 is 0 Å². The van der Waals surface area contributed by atoms with Crippen molar-refractivity contribution in [3.8, 4) is 6.07 Å². The lowest BCUT2D eigenvalue weighted by Crippen LogP contribution is -1.94. The molecule has 10 heavy (non-hydrogen) atoms. The predicted molar refractivity (Wildman–Crippen MR) is 43.4 cm³/mol. The van der Waals surface area contributed by atoms with E-state index < -0.39 is 0 Å². The molecular formula is C9H15N. The van der Waals surface area contributed by atoms with Crippen LogP contribution in [0.3, 0.4) is 0 Å². The van der Waals surface area contributed by atoms with Crippen LogP contribution < -0.4 is 0 Å². The first-order chi connectivity index (χ1) is 4.63. The molecule has 0 rings (SSSR count). The van der Waals surface area contributed by atoms with Crippen LogP contribution in [0.4, 0.5) is 0 Å². The summed E-state index contributed by atoms with van der Waals surface area (Å²) in [5.74, 6) is 0.380. The van der Waals surface area contributed by atoms with E-state index in [-0.39, 0.29) is 0 Å². The van der Waals surface area contributed by atoms with Gasteiger partial charge in [0.15, 0.2) is 0 Å². The van der Waals surface area contributed by atoms with E-state index in [4.69, 9.17) is 5.26 Å². The van der Waals surface area contributed by atoms with Crippen molar-refractivity contribution in [2.75, 3.05) is 0 Å². The Morgan fingerprint density at radius 1 is 1.50 bits per heavy atom. The molecule has 0 aliphatic heterocycles. The molecule has 0 aromatic carbocycles. The van der Waals surface area contributed by atoms with Crippen LogP contribution in [0, 0.1) is 17.2 Å². The van der Waals surface area contributed by atoms with E-state index in [2.05, 4.69) is 26.8 Å². The molecule has 0 heterocycles. The summed E-state index contributed by atoms with van der Waals surface area (Å²) in [4.78, 5) is 0. The topological polar surface area (TPSA) is 23.8 Å². The second-order valence-corrected chi connectivity index (χ2v) is 2.81. The van der Waals surface area contributed by atoms with Gasteiger partial charge in [-0.2, -0.15) is 5.26 Å². The van der Waals surface area contributed by atoms with Gasteiger partial charge in [0, 0.05) is 5.57 Å². The van der Waals surface area contributed by atoms with E-state index in [0.717, 1.165) is 12.0 Å². The Balaban J connectivity index is 4.50. The van der Waals surface area contributed by atoms with Crippen LogP contribution in [0.1, 0.15) is 34.1 Å². The third-order valence-corrected chi connectivity index (χ3v) is 1.69. The number of hydrogen-bond acceptors (Lipinski definition) is 1. The van der Waals surface area contributed by atoms with Gasteiger partial charge in [-0.15, -0.1) is 0 Å². The molecule has 0 aliphatic rings. The van der Waals surface area contributed by atoms with Gasteiger partial charge in [-0.25, -0.2) is 0 Å². The molecule has 0 amide bonds. The fourth-order valence-corrected chi connectivity index (χ4v) is 0.908. The van der Waals surface area contributed by atoms with Crippen LogP contribution >= 0.6 is 0 Å². The summed E-state index contributed by atoms with van der Waals surface area (Å²) in [6, 6.07) is 2.23. The zero-order valence-electron chi connectivity index (χ0n) is 7.23. The maximum atomic E-state index is 8.69. The highest BCUT2D eigenvalue weighted by molar-refractivity contribution is 5.27. The normalized spacial score (nSPS) is 12.8. The fourth-order valence-electron chi connectivity index (χ4n) is 0.908. The highest BCUT2D eigenvalue weighted by Gasteiger charge is 2.03. The predicted octanol–water partition coefficient (Wildman–Crippen LogP) is 2.89. The molecule has 0 fully saturated rings. The number of allylic oxidation sites excluding steroid dienone is 2. The van der Waals surface area contributed by atoms with Gasteiger partial charge in [0.1, 0.15) is 0 Å². The smallest absolute Gasteiger partial charge is 0.0949 e. The van der Waals surface area contributed by atoms with E-state index in [0.29, 0.717) is 5.92 Å². The maximum Gasteiger partial charge on any atom is 0.0949 e. The molecular weight excluding hydrogens is 122 g/mol. The van der Waals surface area contributed by atoms with E-state index in [1.165, 1.54) is 5.57 Å². The molecule has 0 saturated heterocycles. The minimum absolute atomic E-state index is 0.380. The van der Waals surface area contributed by atoms with E-state index in [1.807, 2.05) is 6.92 Å². The molecule has 0 aliphatic carbocycles. The van der Waals surface area contributed by atoms with Gasteiger partial charge in [0.25, 0.3) is 0 Å².